The highest BCUT2D eigenvalue weighted by Crippen LogP contribution is 2.24. The number of methoxy groups -OCH3 is 1. The van der Waals surface area contributed by atoms with E-state index in [1.165, 1.54) is 5.56 Å². The smallest absolute Gasteiger partial charge is 0.251 e. The van der Waals surface area contributed by atoms with Gasteiger partial charge in [0.05, 0.1) is 24.7 Å². The molecule has 0 aliphatic carbocycles. The number of rotatable bonds is 10. The summed E-state index contributed by atoms with van der Waals surface area (Å²) in [6, 6.07) is 5.72. The largest absolute Gasteiger partial charge is 0.383 e. The third-order valence-corrected chi connectivity index (χ3v) is 5.46. The van der Waals surface area contributed by atoms with Gasteiger partial charge >= 0.3 is 0 Å². The number of nitrogens with zero attached hydrogens (tertiary/aromatic N) is 4. The molecule has 0 aliphatic rings. The lowest BCUT2D eigenvalue weighted by Crippen LogP contribution is -2.27. The zero-order chi connectivity index (χ0) is 21.5. The van der Waals surface area contributed by atoms with Crippen molar-refractivity contribution in [3.63, 3.8) is 0 Å². The molecule has 2 N–H and O–H groups in total. The van der Waals surface area contributed by atoms with Crippen LogP contribution in [0.3, 0.4) is 0 Å². The number of benzene rings is 1. The van der Waals surface area contributed by atoms with E-state index < -0.39 is 0 Å². The second-order valence-electron chi connectivity index (χ2n) is 6.87. The zero-order valence-electron chi connectivity index (χ0n) is 17.9. The van der Waals surface area contributed by atoms with Crippen LogP contribution in [0.2, 0.25) is 0 Å². The van der Waals surface area contributed by atoms with Gasteiger partial charge < -0.3 is 15.4 Å². The van der Waals surface area contributed by atoms with E-state index >= 15 is 0 Å². The number of aryl methyl sites for hydroxylation is 2. The van der Waals surface area contributed by atoms with Crippen LogP contribution in [0.25, 0.3) is 11.0 Å². The van der Waals surface area contributed by atoms with Gasteiger partial charge in [-0.05, 0) is 42.9 Å². The number of carbonyl (C=O) groups excluding carboxylic acids is 1. The van der Waals surface area contributed by atoms with Crippen LogP contribution in [-0.2, 0) is 11.3 Å². The third-order valence-electron chi connectivity index (χ3n) is 4.73. The first kappa shape index (κ1) is 22.0. The highest BCUT2D eigenvalue weighted by molar-refractivity contribution is 7.99. The number of thioether (sulfide) groups is 1. The minimum Gasteiger partial charge on any atom is -0.383 e. The van der Waals surface area contributed by atoms with Crippen LogP contribution in [0.15, 0.2) is 29.6 Å². The molecule has 2 heterocycles. The fraction of sp³-hybridized carbons (Fsp3) is 0.429. The maximum Gasteiger partial charge on any atom is 0.251 e. The number of amides is 1. The van der Waals surface area contributed by atoms with Gasteiger partial charge in [-0.15, -0.1) is 0 Å². The lowest BCUT2D eigenvalue weighted by atomic mass is 10.1. The summed E-state index contributed by atoms with van der Waals surface area (Å²) in [5.41, 5.74) is 3.69. The lowest BCUT2D eigenvalue weighted by molar-refractivity contribution is 0.0952. The van der Waals surface area contributed by atoms with E-state index in [1.54, 1.807) is 29.8 Å². The van der Waals surface area contributed by atoms with E-state index in [0.717, 1.165) is 28.2 Å². The Morgan fingerprint density at radius 2 is 2.03 bits per heavy atom. The first-order valence-corrected chi connectivity index (χ1v) is 11.0. The fourth-order valence-corrected chi connectivity index (χ4v) is 3.52. The first-order chi connectivity index (χ1) is 14.5. The van der Waals surface area contributed by atoms with Crippen molar-refractivity contribution >= 4 is 34.5 Å². The molecule has 8 nitrogen and oxygen atoms in total. The Hall–Kier alpha value is -2.65. The summed E-state index contributed by atoms with van der Waals surface area (Å²) in [4.78, 5) is 21.7. The van der Waals surface area contributed by atoms with E-state index in [1.807, 2.05) is 32.0 Å². The maximum atomic E-state index is 12.4. The van der Waals surface area contributed by atoms with Crippen molar-refractivity contribution in [1.82, 2.24) is 25.1 Å². The average molecular weight is 429 g/mol. The second-order valence-corrected chi connectivity index (χ2v) is 8.10. The van der Waals surface area contributed by atoms with Gasteiger partial charge in [0.2, 0.25) is 0 Å². The Labute approximate surface area is 180 Å². The van der Waals surface area contributed by atoms with Gasteiger partial charge in [0.25, 0.3) is 5.91 Å². The second kappa shape index (κ2) is 10.4. The number of aromatic nitrogens is 4. The Balaban J connectivity index is 1.72. The van der Waals surface area contributed by atoms with Gasteiger partial charge in [0.1, 0.15) is 5.82 Å². The molecule has 0 radical (unpaired) electrons. The van der Waals surface area contributed by atoms with Crippen molar-refractivity contribution < 1.29 is 9.53 Å². The van der Waals surface area contributed by atoms with Crippen molar-refractivity contribution in [2.75, 3.05) is 37.9 Å². The van der Waals surface area contributed by atoms with E-state index in [4.69, 9.17) is 4.74 Å². The van der Waals surface area contributed by atoms with Gasteiger partial charge in [-0.1, -0.05) is 24.8 Å². The SMILES string of the molecule is CCSc1nc(NCCOC)c2cnn(CCNC(=O)c3ccc(C)c(C)c3)c2n1. The normalized spacial score (nSPS) is 11.1. The summed E-state index contributed by atoms with van der Waals surface area (Å²) in [6.07, 6.45) is 1.76. The van der Waals surface area contributed by atoms with Crippen LogP contribution in [0, 0.1) is 13.8 Å². The Morgan fingerprint density at radius 1 is 1.20 bits per heavy atom. The third kappa shape index (κ3) is 5.28. The lowest BCUT2D eigenvalue weighted by Gasteiger charge is -2.10. The Bertz CT molecular complexity index is 1020. The highest BCUT2D eigenvalue weighted by atomic mass is 32.2. The average Bonchev–Trinajstić information content (AvgIpc) is 3.13. The Morgan fingerprint density at radius 3 is 2.77 bits per heavy atom. The van der Waals surface area contributed by atoms with Gasteiger partial charge in [-0.2, -0.15) is 5.10 Å². The van der Waals surface area contributed by atoms with Crippen molar-refractivity contribution in [2.24, 2.45) is 0 Å². The van der Waals surface area contributed by atoms with E-state index in [9.17, 15) is 4.79 Å². The van der Waals surface area contributed by atoms with Gasteiger partial charge in [0.15, 0.2) is 10.8 Å². The summed E-state index contributed by atoms with van der Waals surface area (Å²) >= 11 is 1.58. The topological polar surface area (TPSA) is 94.0 Å². The van der Waals surface area contributed by atoms with Crippen LogP contribution in [0.1, 0.15) is 28.4 Å². The Kier molecular flexibility index (Phi) is 7.64. The highest BCUT2D eigenvalue weighted by Gasteiger charge is 2.13. The van der Waals surface area contributed by atoms with Crippen LogP contribution < -0.4 is 10.6 Å². The van der Waals surface area contributed by atoms with Crippen molar-refractivity contribution in [3.05, 3.63) is 41.1 Å². The molecule has 1 aromatic carbocycles. The molecule has 0 saturated carbocycles. The van der Waals surface area contributed by atoms with Crippen LogP contribution in [0.4, 0.5) is 5.82 Å². The molecular formula is C21H28N6O2S. The summed E-state index contributed by atoms with van der Waals surface area (Å²) in [6.45, 7) is 8.31. The molecule has 0 fully saturated rings. The molecule has 2 aromatic heterocycles. The number of hydrogen-bond acceptors (Lipinski definition) is 7. The van der Waals surface area contributed by atoms with E-state index in [2.05, 4.69) is 32.6 Å². The molecule has 0 unspecified atom stereocenters. The van der Waals surface area contributed by atoms with Gasteiger partial charge in [0, 0.05) is 25.8 Å². The van der Waals surface area contributed by atoms with Gasteiger partial charge in [-0.3, -0.25) is 4.79 Å². The predicted octanol–water partition coefficient (Wildman–Crippen LogP) is 3.04. The molecule has 0 saturated heterocycles. The minimum atomic E-state index is -0.0895. The number of fused-ring (bicyclic) bond motifs is 1. The van der Waals surface area contributed by atoms with Crippen molar-refractivity contribution in [3.8, 4) is 0 Å². The number of hydrogen-bond donors (Lipinski definition) is 2. The van der Waals surface area contributed by atoms with Crippen LogP contribution >= 0.6 is 11.8 Å². The van der Waals surface area contributed by atoms with Crippen molar-refractivity contribution in [1.29, 1.82) is 0 Å². The molecule has 160 valence electrons. The molecule has 0 spiro atoms. The molecule has 9 heteroatoms. The van der Waals surface area contributed by atoms with E-state index in [0.29, 0.717) is 37.0 Å². The summed E-state index contributed by atoms with van der Waals surface area (Å²) in [7, 11) is 1.67. The monoisotopic (exact) mass is 428 g/mol. The summed E-state index contributed by atoms with van der Waals surface area (Å²) < 4.78 is 6.92. The molecule has 0 bridgehead atoms. The number of ether oxygens (including phenoxy) is 1. The first-order valence-electron chi connectivity index (χ1n) is 9.98. The molecule has 30 heavy (non-hydrogen) atoms. The van der Waals surface area contributed by atoms with Crippen molar-refractivity contribution in [2.45, 2.75) is 32.5 Å². The molecule has 0 atom stereocenters. The quantitative estimate of drug-likeness (QED) is 0.291. The minimum absolute atomic E-state index is 0.0895. The zero-order valence-corrected chi connectivity index (χ0v) is 18.7. The number of carbonyl (C=O) groups is 1. The standard InChI is InChI=1S/C21H28N6O2S/c1-5-30-21-25-18(22-9-11-29-4)17-13-24-27(19(17)26-21)10-8-23-20(28)16-7-6-14(2)15(3)12-16/h6-7,12-13H,5,8-11H2,1-4H3,(H,23,28)(H,22,25,26). The number of anilines is 1. The van der Waals surface area contributed by atoms with Gasteiger partial charge in [-0.25, -0.2) is 14.6 Å². The number of nitrogens with one attached hydrogen (secondary N) is 2. The van der Waals surface area contributed by atoms with Crippen LogP contribution in [-0.4, -0.2) is 58.2 Å². The molecule has 3 aromatic rings. The molecular weight excluding hydrogens is 400 g/mol. The molecule has 1 amide bonds. The predicted molar refractivity (Wildman–Crippen MR) is 120 cm³/mol. The van der Waals surface area contributed by atoms with E-state index in [-0.39, 0.29) is 5.91 Å². The summed E-state index contributed by atoms with van der Waals surface area (Å²) in [5.74, 6) is 1.54. The summed E-state index contributed by atoms with van der Waals surface area (Å²) in [5, 5.41) is 12.3. The fourth-order valence-electron chi connectivity index (χ4n) is 2.96. The maximum absolute atomic E-state index is 12.4. The molecule has 3 rings (SSSR count). The van der Waals surface area contributed by atoms with Crippen LogP contribution in [0.5, 0.6) is 0 Å². The molecule has 0 aliphatic heterocycles.